The molecule has 314 valence electrons. The molecule has 0 bridgehead atoms. The fourth-order valence-corrected chi connectivity index (χ4v) is 8.11. The first-order chi connectivity index (χ1) is 25.9. The summed E-state index contributed by atoms with van der Waals surface area (Å²) in [4.78, 5) is 25.3. The summed E-state index contributed by atoms with van der Waals surface area (Å²) in [7, 11) is -3.36. The molecule has 0 saturated heterocycles. The number of esters is 2. The van der Waals surface area contributed by atoms with Crippen molar-refractivity contribution in [2.24, 2.45) is 0 Å². The molecule has 0 rings (SSSR count). The lowest BCUT2D eigenvalue weighted by molar-refractivity contribution is -0.159. The van der Waals surface area contributed by atoms with Crippen molar-refractivity contribution >= 4 is 19.5 Å². The molecule has 53 heavy (non-hydrogen) atoms. The second-order valence-corrected chi connectivity index (χ2v) is 17.1. The molecule has 0 N–H and O–H groups in total. The number of rotatable bonds is 42. The van der Waals surface area contributed by atoms with Gasteiger partial charge in [0.2, 0.25) is 0 Å². The summed E-state index contributed by atoms with van der Waals surface area (Å²) in [6, 6.07) is 0. The largest absolute Gasteiger partial charge is 0.462 e. The first-order valence-electron chi connectivity index (χ1n) is 22.8. The van der Waals surface area contributed by atoms with Gasteiger partial charge < -0.3 is 18.5 Å². The van der Waals surface area contributed by atoms with Crippen LogP contribution < -0.4 is 0 Å². The lowest BCUT2D eigenvalue weighted by atomic mass is 10.0. The van der Waals surface area contributed by atoms with Gasteiger partial charge in [0.15, 0.2) is 0 Å². The zero-order valence-corrected chi connectivity index (χ0v) is 36.4. The molecule has 0 radical (unpaired) electrons. The number of carbonyl (C=O) groups excluding carboxylic acids is 2. The van der Waals surface area contributed by atoms with Gasteiger partial charge in [-0.3, -0.25) is 14.2 Å². The molecule has 0 amide bonds. The highest BCUT2D eigenvalue weighted by Gasteiger charge is 2.21. The van der Waals surface area contributed by atoms with E-state index in [4.69, 9.17) is 18.5 Å². The van der Waals surface area contributed by atoms with Gasteiger partial charge in [0.1, 0.15) is 12.7 Å². The molecule has 0 saturated carbocycles. The third-order valence-electron chi connectivity index (χ3n) is 10.0. The average molecular weight is 771 g/mol. The van der Waals surface area contributed by atoms with Crippen molar-refractivity contribution < 1.29 is 32.7 Å². The van der Waals surface area contributed by atoms with E-state index in [0.717, 1.165) is 38.5 Å². The Labute approximate surface area is 328 Å². The maximum absolute atomic E-state index is 12.8. The van der Waals surface area contributed by atoms with Crippen LogP contribution in [0, 0.1) is 0 Å². The SMILES string of the molecule is CCCCCCCCCCCCCCCCCC(=O)OC[C@@H](C/C=C\P(=O)(OCC)OCC)OC(=O)CCCCCCCCCCCCCCCCC. The Hall–Kier alpha value is -1.17. The summed E-state index contributed by atoms with van der Waals surface area (Å²) in [5.74, 6) is 0.878. The molecular formula is C45H87O7P. The van der Waals surface area contributed by atoms with Gasteiger partial charge in [0.05, 0.1) is 13.2 Å². The van der Waals surface area contributed by atoms with E-state index in [1.165, 1.54) is 160 Å². The molecule has 0 spiro atoms. The number of hydrogen-bond acceptors (Lipinski definition) is 7. The van der Waals surface area contributed by atoms with Crippen molar-refractivity contribution in [1.82, 2.24) is 0 Å². The summed E-state index contributed by atoms with van der Waals surface area (Å²) >= 11 is 0. The van der Waals surface area contributed by atoms with Crippen LogP contribution in [0.15, 0.2) is 11.9 Å². The van der Waals surface area contributed by atoms with Gasteiger partial charge in [0.25, 0.3) is 0 Å². The van der Waals surface area contributed by atoms with Gasteiger partial charge in [-0.15, -0.1) is 0 Å². The smallest absolute Gasteiger partial charge is 0.353 e. The molecule has 0 unspecified atom stereocenters. The Morgan fingerprint density at radius 1 is 0.472 bits per heavy atom. The van der Waals surface area contributed by atoms with Gasteiger partial charge in [-0.05, 0) is 26.7 Å². The van der Waals surface area contributed by atoms with E-state index >= 15 is 0 Å². The van der Waals surface area contributed by atoms with Crippen LogP contribution in [-0.2, 0) is 32.7 Å². The molecular weight excluding hydrogens is 683 g/mol. The molecule has 0 aromatic rings. The summed E-state index contributed by atoms with van der Waals surface area (Å²) in [6.45, 7) is 8.57. The molecule has 0 heterocycles. The predicted molar refractivity (Wildman–Crippen MR) is 225 cm³/mol. The van der Waals surface area contributed by atoms with Gasteiger partial charge in [-0.25, -0.2) is 0 Å². The Bertz CT molecular complexity index is 867. The standard InChI is InChI=1S/C45H87O7P/c1-5-9-11-13-15-17-19-21-23-25-27-29-31-33-35-39-44(46)49-42-43(38-37-41-53(48,50-7-3)51-8-4)52-45(47)40-36-34-32-30-28-26-24-22-20-18-16-14-12-10-6-2/h37,41,43H,5-36,38-40,42H2,1-4H3/b41-37-/t43-/m1/s1. The van der Waals surface area contributed by atoms with Gasteiger partial charge >= 0.3 is 19.5 Å². The Morgan fingerprint density at radius 3 is 1.13 bits per heavy atom. The third kappa shape index (κ3) is 37.5. The summed E-state index contributed by atoms with van der Waals surface area (Å²) in [6.07, 6.45) is 40.3. The molecule has 8 heteroatoms. The maximum atomic E-state index is 12.8. The zero-order valence-electron chi connectivity index (χ0n) is 35.5. The van der Waals surface area contributed by atoms with Gasteiger partial charge in [-0.2, -0.15) is 0 Å². The maximum Gasteiger partial charge on any atom is 0.353 e. The van der Waals surface area contributed by atoms with Crippen LogP contribution in [0.2, 0.25) is 0 Å². The van der Waals surface area contributed by atoms with Crippen LogP contribution in [0.1, 0.15) is 240 Å². The molecule has 0 aromatic carbocycles. The van der Waals surface area contributed by atoms with Crippen molar-refractivity contribution in [3.8, 4) is 0 Å². The highest BCUT2D eigenvalue weighted by atomic mass is 31.2. The van der Waals surface area contributed by atoms with E-state index in [9.17, 15) is 14.2 Å². The summed E-state index contributed by atoms with van der Waals surface area (Å²) < 4.78 is 34.8. The highest BCUT2D eigenvalue weighted by Crippen LogP contribution is 2.49. The minimum absolute atomic E-state index is 0.0138. The number of ether oxygens (including phenoxy) is 2. The van der Waals surface area contributed by atoms with E-state index in [-0.39, 0.29) is 38.2 Å². The number of carbonyl (C=O) groups is 2. The molecule has 0 aliphatic carbocycles. The highest BCUT2D eigenvalue weighted by molar-refractivity contribution is 7.57. The summed E-state index contributed by atoms with van der Waals surface area (Å²) in [5, 5.41) is 0. The van der Waals surface area contributed by atoms with Crippen molar-refractivity contribution in [2.45, 2.75) is 246 Å². The van der Waals surface area contributed by atoms with Crippen molar-refractivity contribution in [3.63, 3.8) is 0 Å². The topological polar surface area (TPSA) is 88.1 Å². The van der Waals surface area contributed by atoms with Crippen molar-refractivity contribution in [1.29, 1.82) is 0 Å². The van der Waals surface area contributed by atoms with Crippen LogP contribution in [0.3, 0.4) is 0 Å². The molecule has 0 aromatic heterocycles. The minimum Gasteiger partial charge on any atom is -0.462 e. The van der Waals surface area contributed by atoms with Crippen LogP contribution >= 0.6 is 7.60 Å². The van der Waals surface area contributed by atoms with E-state index in [1.807, 2.05) is 0 Å². The van der Waals surface area contributed by atoms with E-state index in [1.54, 1.807) is 19.9 Å². The Balaban J connectivity index is 4.29. The number of unbranched alkanes of at least 4 members (excludes halogenated alkanes) is 28. The van der Waals surface area contributed by atoms with Crippen molar-refractivity contribution in [3.05, 3.63) is 11.9 Å². The zero-order chi connectivity index (χ0) is 38.9. The fraction of sp³-hybridized carbons (Fsp3) is 0.911. The molecule has 0 aliphatic heterocycles. The van der Waals surface area contributed by atoms with Crippen LogP contribution in [0.25, 0.3) is 0 Å². The first-order valence-corrected chi connectivity index (χ1v) is 24.4. The monoisotopic (exact) mass is 771 g/mol. The first kappa shape index (κ1) is 51.8. The van der Waals surface area contributed by atoms with E-state index < -0.39 is 13.7 Å². The fourth-order valence-electron chi connectivity index (χ4n) is 6.76. The second-order valence-electron chi connectivity index (χ2n) is 15.2. The van der Waals surface area contributed by atoms with Crippen LogP contribution in [0.5, 0.6) is 0 Å². The van der Waals surface area contributed by atoms with Gasteiger partial charge in [-0.1, -0.05) is 200 Å². The average Bonchev–Trinajstić information content (AvgIpc) is 3.14. The summed E-state index contributed by atoms with van der Waals surface area (Å²) in [5.41, 5.74) is 0. The number of hydrogen-bond donors (Lipinski definition) is 0. The lowest BCUT2D eigenvalue weighted by Crippen LogP contribution is -2.25. The third-order valence-corrected chi connectivity index (χ3v) is 11.8. The lowest BCUT2D eigenvalue weighted by Gasteiger charge is -2.17. The quantitative estimate of drug-likeness (QED) is 0.0347. The molecule has 7 nitrogen and oxygen atoms in total. The normalized spacial score (nSPS) is 12.5. The van der Waals surface area contributed by atoms with Gasteiger partial charge in [0, 0.05) is 25.1 Å². The molecule has 0 aliphatic rings. The predicted octanol–water partition coefficient (Wildman–Crippen LogP) is 15.1. The minimum atomic E-state index is -3.36. The second kappa shape index (κ2) is 40.5. The van der Waals surface area contributed by atoms with E-state index in [2.05, 4.69) is 13.8 Å². The Morgan fingerprint density at radius 2 is 0.792 bits per heavy atom. The Kier molecular flexibility index (Phi) is 39.6. The van der Waals surface area contributed by atoms with E-state index in [0.29, 0.717) is 12.8 Å². The molecule has 1 atom stereocenters. The molecule has 0 fully saturated rings. The van der Waals surface area contributed by atoms with Crippen LogP contribution in [0.4, 0.5) is 0 Å². The van der Waals surface area contributed by atoms with Crippen molar-refractivity contribution in [2.75, 3.05) is 19.8 Å². The van der Waals surface area contributed by atoms with Crippen LogP contribution in [-0.4, -0.2) is 37.9 Å².